The minimum atomic E-state index is -0.611. The lowest BCUT2D eigenvalue weighted by atomic mass is 10.4. The predicted octanol–water partition coefficient (Wildman–Crippen LogP) is 1.41. The molecule has 11 heteroatoms. The summed E-state index contributed by atoms with van der Waals surface area (Å²) in [5.74, 6) is 0.0251. The summed E-state index contributed by atoms with van der Waals surface area (Å²) in [6.45, 7) is 10.6. The first-order valence-electron chi connectivity index (χ1n) is 8.78. The van der Waals surface area contributed by atoms with Crippen molar-refractivity contribution in [3.05, 3.63) is 24.3 Å². The summed E-state index contributed by atoms with van der Waals surface area (Å²) in [5.41, 5.74) is 0.574. The zero-order valence-corrected chi connectivity index (χ0v) is 17.6. The molecule has 0 spiro atoms. The molecule has 0 heterocycles. The Morgan fingerprint density at radius 3 is 1.41 bits per heavy atom. The zero-order valence-electron chi connectivity index (χ0n) is 16.7. The van der Waals surface area contributed by atoms with Crippen molar-refractivity contribution >= 4 is 35.9 Å². The van der Waals surface area contributed by atoms with Gasteiger partial charge in [-0.15, -0.1) is 0 Å². The van der Waals surface area contributed by atoms with Gasteiger partial charge in [0.25, 0.3) is 0 Å². The van der Waals surface area contributed by atoms with Crippen molar-refractivity contribution < 1.29 is 38.1 Å². The molecular formula is C18H28N2O8S. The second kappa shape index (κ2) is 16.3. The number of nitrogens with one attached hydrogen (secondary N) is 2. The largest absolute Gasteiger partial charge is 0.460 e. The van der Waals surface area contributed by atoms with Crippen LogP contribution in [-0.2, 0) is 28.5 Å². The van der Waals surface area contributed by atoms with Crippen LogP contribution >= 0.6 is 11.8 Å². The lowest BCUT2D eigenvalue weighted by Gasteiger charge is -2.08. The van der Waals surface area contributed by atoms with Crippen molar-refractivity contribution in [3.8, 4) is 0 Å². The first-order valence-corrected chi connectivity index (χ1v) is 9.93. The number of alkyl carbamates (subject to hydrolysis) is 2. The number of hydrogen-bond acceptors (Lipinski definition) is 9. The molecular weight excluding hydrogens is 404 g/mol. The van der Waals surface area contributed by atoms with Gasteiger partial charge in [0.15, 0.2) is 0 Å². The van der Waals surface area contributed by atoms with E-state index in [1.807, 2.05) is 0 Å². The van der Waals surface area contributed by atoms with Gasteiger partial charge < -0.3 is 29.6 Å². The average Bonchev–Trinajstić information content (AvgIpc) is 2.67. The van der Waals surface area contributed by atoms with E-state index in [4.69, 9.17) is 18.9 Å². The molecule has 0 bridgehead atoms. The van der Waals surface area contributed by atoms with E-state index in [9.17, 15) is 19.2 Å². The number of rotatable bonds is 14. The quantitative estimate of drug-likeness (QED) is 0.181. The third-order valence-electron chi connectivity index (χ3n) is 2.83. The van der Waals surface area contributed by atoms with E-state index in [1.165, 1.54) is 25.6 Å². The van der Waals surface area contributed by atoms with Crippen LogP contribution in [0.15, 0.2) is 24.3 Å². The van der Waals surface area contributed by atoms with Crippen LogP contribution in [0.2, 0.25) is 0 Å². The van der Waals surface area contributed by atoms with E-state index >= 15 is 0 Å². The summed E-state index contributed by atoms with van der Waals surface area (Å²) in [7, 11) is 0. The van der Waals surface area contributed by atoms with Gasteiger partial charge in [-0.25, -0.2) is 19.2 Å². The standard InChI is InChI=1S/C18H28N2O8S/c1-13(2)15(21)25-7-5-19-17(23)27-9-11-29-12-10-28-18(24)20-6-8-26-16(22)14(3)4/h1,3,5-12H2,2,4H3,(H,19,23)(H,20,24). The van der Waals surface area contributed by atoms with Crippen molar-refractivity contribution in [1.82, 2.24) is 10.6 Å². The number of amides is 2. The Hall–Kier alpha value is -2.69. The lowest BCUT2D eigenvalue weighted by Crippen LogP contribution is -2.29. The van der Waals surface area contributed by atoms with Gasteiger partial charge in [-0.1, -0.05) is 13.2 Å². The number of carbonyl (C=O) groups excluding carboxylic acids is 4. The summed E-state index contributed by atoms with van der Waals surface area (Å²) < 4.78 is 19.5. The molecule has 0 radical (unpaired) electrons. The Balaban J connectivity index is 3.47. The summed E-state index contributed by atoms with van der Waals surface area (Å²) in [6.07, 6.45) is -1.22. The summed E-state index contributed by atoms with van der Waals surface area (Å²) in [5, 5.41) is 4.88. The maximum absolute atomic E-state index is 11.4. The van der Waals surface area contributed by atoms with E-state index in [2.05, 4.69) is 23.8 Å². The highest BCUT2D eigenvalue weighted by atomic mass is 32.2. The molecule has 0 aromatic carbocycles. The van der Waals surface area contributed by atoms with Gasteiger partial charge in [0, 0.05) is 22.7 Å². The molecule has 29 heavy (non-hydrogen) atoms. The van der Waals surface area contributed by atoms with Crippen LogP contribution in [-0.4, -0.2) is 75.1 Å². The minimum absolute atomic E-state index is 0.0330. The second-order valence-corrected chi connectivity index (χ2v) is 6.80. The summed E-state index contributed by atoms with van der Waals surface area (Å²) in [4.78, 5) is 45.0. The van der Waals surface area contributed by atoms with Gasteiger partial charge in [0.1, 0.15) is 26.4 Å². The van der Waals surface area contributed by atoms with Crippen molar-refractivity contribution in [2.75, 3.05) is 51.0 Å². The van der Waals surface area contributed by atoms with E-state index < -0.39 is 24.1 Å². The average molecular weight is 432 g/mol. The molecule has 0 aliphatic rings. The van der Waals surface area contributed by atoms with Gasteiger partial charge in [-0.3, -0.25) is 0 Å². The third kappa shape index (κ3) is 16.0. The molecule has 0 atom stereocenters. The molecule has 164 valence electrons. The highest BCUT2D eigenvalue weighted by molar-refractivity contribution is 7.99. The molecule has 0 aliphatic heterocycles. The number of hydrogen-bond donors (Lipinski definition) is 2. The number of carbonyl (C=O) groups is 4. The number of esters is 2. The van der Waals surface area contributed by atoms with E-state index in [-0.39, 0.29) is 50.7 Å². The first kappa shape index (κ1) is 26.3. The van der Waals surface area contributed by atoms with Gasteiger partial charge in [-0.2, -0.15) is 11.8 Å². The van der Waals surface area contributed by atoms with Gasteiger partial charge in [0.2, 0.25) is 0 Å². The van der Waals surface area contributed by atoms with E-state index in [0.717, 1.165) is 0 Å². The van der Waals surface area contributed by atoms with Gasteiger partial charge in [-0.05, 0) is 13.8 Å². The van der Waals surface area contributed by atoms with Crippen LogP contribution in [0, 0.1) is 0 Å². The smallest absolute Gasteiger partial charge is 0.407 e. The Labute approximate surface area is 174 Å². The monoisotopic (exact) mass is 432 g/mol. The van der Waals surface area contributed by atoms with Crippen LogP contribution in [0.25, 0.3) is 0 Å². The van der Waals surface area contributed by atoms with Crippen molar-refractivity contribution in [1.29, 1.82) is 0 Å². The highest BCUT2D eigenvalue weighted by Crippen LogP contribution is 1.99. The molecule has 0 rings (SSSR count). The Kier molecular flexibility index (Phi) is 14.8. The van der Waals surface area contributed by atoms with Crippen molar-refractivity contribution in [3.63, 3.8) is 0 Å². The van der Waals surface area contributed by atoms with Crippen molar-refractivity contribution in [2.45, 2.75) is 13.8 Å². The fraction of sp³-hybridized carbons (Fsp3) is 0.556. The first-order chi connectivity index (χ1) is 13.7. The molecule has 0 fully saturated rings. The van der Waals surface area contributed by atoms with Crippen LogP contribution in [0.4, 0.5) is 9.59 Å². The zero-order chi connectivity index (χ0) is 22.1. The predicted molar refractivity (Wildman–Crippen MR) is 108 cm³/mol. The normalized spacial score (nSPS) is 9.72. The van der Waals surface area contributed by atoms with Crippen molar-refractivity contribution in [2.24, 2.45) is 0 Å². The van der Waals surface area contributed by atoms with Gasteiger partial charge in [0.05, 0.1) is 13.1 Å². The topological polar surface area (TPSA) is 129 Å². The minimum Gasteiger partial charge on any atom is -0.460 e. The second-order valence-electron chi connectivity index (χ2n) is 5.57. The molecule has 0 aromatic rings. The van der Waals surface area contributed by atoms with Crippen LogP contribution < -0.4 is 10.6 Å². The molecule has 10 nitrogen and oxygen atoms in total. The molecule has 0 saturated carbocycles. The maximum atomic E-state index is 11.4. The number of thioether (sulfide) groups is 1. The van der Waals surface area contributed by atoms with Crippen LogP contribution in [0.1, 0.15) is 13.8 Å². The molecule has 2 amide bonds. The van der Waals surface area contributed by atoms with E-state index in [0.29, 0.717) is 11.5 Å². The highest BCUT2D eigenvalue weighted by Gasteiger charge is 2.06. The molecule has 2 N–H and O–H groups in total. The van der Waals surface area contributed by atoms with Crippen LogP contribution in [0.3, 0.4) is 0 Å². The molecule has 0 aromatic heterocycles. The summed E-state index contributed by atoms with van der Waals surface area (Å²) in [6, 6.07) is 0. The lowest BCUT2D eigenvalue weighted by molar-refractivity contribution is -0.139. The number of ether oxygens (including phenoxy) is 4. The fourth-order valence-electron chi connectivity index (χ4n) is 1.43. The Morgan fingerprint density at radius 2 is 1.07 bits per heavy atom. The SMILES string of the molecule is C=C(C)C(=O)OCCNC(=O)OCCSCCOC(=O)NCCOC(=O)C(=C)C. The Bertz CT molecular complexity index is 544. The van der Waals surface area contributed by atoms with Crippen LogP contribution in [0.5, 0.6) is 0 Å². The molecule has 0 unspecified atom stereocenters. The third-order valence-corrected chi connectivity index (χ3v) is 3.74. The molecule has 0 aliphatic carbocycles. The maximum Gasteiger partial charge on any atom is 0.407 e. The van der Waals surface area contributed by atoms with Gasteiger partial charge >= 0.3 is 24.1 Å². The van der Waals surface area contributed by atoms with E-state index in [1.54, 1.807) is 0 Å². The fourth-order valence-corrected chi connectivity index (χ4v) is 2.04. The Morgan fingerprint density at radius 1 is 0.690 bits per heavy atom. The summed E-state index contributed by atoms with van der Waals surface area (Å²) >= 11 is 1.44. The molecule has 0 saturated heterocycles.